The first-order valence-electron chi connectivity index (χ1n) is 10.3. The van der Waals surface area contributed by atoms with Crippen LogP contribution in [-0.2, 0) is 21.5 Å². The molecule has 5 heteroatoms. The maximum atomic E-state index is 11.5. The van der Waals surface area contributed by atoms with Crippen molar-refractivity contribution >= 4 is 21.9 Å². The van der Waals surface area contributed by atoms with E-state index in [4.69, 9.17) is 4.74 Å². The Morgan fingerprint density at radius 3 is 2.06 bits per heavy atom. The smallest absolute Gasteiger partial charge is 0.317 e. The molecule has 0 spiro atoms. The molecule has 0 saturated heterocycles. The van der Waals surface area contributed by atoms with Crippen LogP contribution in [0.1, 0.15) is 28.2 Å². The van der Waals surface area contributed by atoms with Gasteiger partial charge >= 0.3 is 5.97 Å². The fraction of sp³-hybridized carbons (Fsp3) is 0.269. The predicted molar refractivity (Wildman–Crippen MR) is 128 cm³/mol. The molecule has 4 nitrogen and oxygen atoms in total. The van der Waals surface area contributed by atoms with Crippen LogP contribution >= 0.6 is 15.9 Å². The molecule has 1 N–H and O–H groups in total. The Hall–Kier alpha value is -2.47. The molecule has 3 rings (SSSR count). The molecule has 0 radical (unpaired) electrons. The number of alkyl halides is 1. The van der Waals surface area contributed by atoms with Gasteiger partial charge in [-0.05, 0) is 29.3 Å². The third-order valence-corrected chi connectivity index (χ3v) is 6.00. The molecule has 0 saturated carbocycles. The van der Waals surface area contributed by atoms with Crippen LogP contribution in [-0.4, -0.2) is 42.2 Å². The molecule has 0 bridgehead atoms. The van der Waals surface area contributed by atoms with Crippen molar-refractivity contribution in [2.75, 3.05) is 20.2 Å². The van der Waals surface area contributed by atoms with Crippen LogP contribution in [0.5, 0.6) is 0 Å². The molecule has 0 fully saturated rings. The van der Waals surface area contributed by atoms with Crippen LogP contribution in [0.3, 0.4) is 0 Å². The highest BCUT2D eigenvalue weighted by Gasteiger charge is 2.29. The number of carboxylic acid groups (broad SMARTS) is 1. The molecule has 0 aliphatic carbocycles. The average Bonchev–Trinajstić information content (AvgIpc) is 2.79. The Morgan fingerprint density at radius 2 is 1.52 bits per heavy atom. The summed E-state index contributed by atoms with van der Waals surface area (Å²) in [5.41, 5.74) is 4.58. The third kappa shape index (κ3) is 6.76. The fourth-order valence-electron chi connectivity index (χ4n) is 3.87. The summed E-state index contributed by atoms with van der Waals surface area (Å²) in [5.74, 6) is -0.863. The summed E-state index contributed by atoms with van der Waals surface area (Å²) in [6.45, 7) is 0.842. The Bertz CT molecular complexity index is 910. The summed E-state index contributed by atoms with van der Waals surface area (Å²) >= 11 is 3.49. The monoisotopic (exact) mass is 481 g/mol. The van der Waals surface area contributed by atoms with Crippen molar-refractivity contribution in [2.45, 2.75) is 23.9 Å². The molecule has 0 aliphatic heterocycles. The number of ether oxygens (including phenoxy) is 1. The van der Waals surface area contributed by atoms with Gasteiger partial charge in [0.2, 0.25) is 0 Å². The SMILES string of the molecule is CN(CC(=O)O)[C@H](COCc1cccc(CBr)c1)C(c1ccccc1)c1ccccc1. The second-order valence-corrected chi connectivity index (χ2v) is 8.20. The Labute approximate surface area is 192 Å². The summed E-state index contributed by atoms with van der Waals surface area (Å²) in [6, 6.07) is 28.6. The lowest BCUT2D eigenvalue weighted by Crippen LogP contribution is -2.43. The van der Waals surface area contributed by atoms with Gasteiger partial charge in [-0.2, -0.15) is 0 Å². The first kappa shape index (κ1) is 23.2. The first-order chi connectivity index (χ1) is 15.1. The van der Waals surface area contributed by atoms with Gasteiger partial charge < -0.3 is 9.84 Å². The van der Waals surface area contributed by atoms with E-state index in [-0.39, 0.29) is 18.5 Å². The average molecular weight is 482 g/mol. The van der Waals surface area contributed by atoms with Crippen molar-refractivity contribution < 1.29 is 14.6 Å². The van der Waals surface area contributed by atoms with Gasteiger partial charge in [-0.3, -0.25) is 9.69 Å². The number of hydrogen-bond donors (Lipinski definition) is 1. The summed E-state index contributed by atoms with van der Waals surface area (Å²) < 4.78 is 6.16. The van der Waals surface area contributed by atoms with E-state index in [0.29, 0.717) is 13.2 Å². The molecule has 31 heavy (non-hydrogen) atoms. The highest BCUT2D eigenvalue weighted by molar-refractivity contribution is 9.08. The second kappa shape index (κ2) is 11.8. The van der Waals surface area contributed by atoms with E-state index in [0.717, 1.165) is 22.0 Å². The van der Waals surface area contributed by atoms with E-state index in [1.54, 1.807) is 0 Å². The number of rotatable bonds is 11. The topological polar surface area (TPSA) is 49.8 Å². The van der Waals surface area contributed by atoms with Gasteiger partial charge in [-0.15, -0.1) is 0 Å². The molecule has 0 aromatic heterocycles. The second-order valence-electron chi connectivity index (χ2n) is 7.64. The number of hydrogen-bond acceptors (Lipinski definition) is 3. The molecular weight excluding hydrogens is 454 g/mol. The fourth-order valence-corrected chi connectivity index (χ4v) is 4.21. The van der Waals surface area contributed by atoms with E-state index in [1.165, 1.54) is 5.56 Å². The minimum Gasteiger partial charge on any atom is -0.480 e. The summed E-state index contributed by atoms with van der Waals surface area (Å²) in [4.78, 5) is 13.4. The maximum absolute atomic E-state index is 11.5. The van der Waals surface area contributed by atoms with Gasteiger partial charge in [-0.25, -0.2) is 0 Å². The van der Waals surface area contributed by atoms with Gasteiger partial charge in [0.1, 0.15) is 0 Å². The molecule has 0 heterocycles. The molecule has 3 aromatic rings. The quantitative estimate of drug-likeness (QED) is 0.376. The molecule has 0 amide bonds. The highest BCUT2D eigenvalue weighted by atomic mass is 79.9. The minimum atomic E-state index is -0.850. The predicted octanol–water partition coefficient (Wildman–Crippen LogP) is 5.32. The summed E-state index contributed by atoms with van der Waals surface area (Å²) in [6.07, 6.45) is 0. The molecule has 162 valence electrons. The Kier molecular flexibility index (Phi) is 8.83. The maximum Gasteiger partial charge on any atom is 0.317 e. The molecule has 1 atom stereocenters. The largest absolute Gasteiger partial charge is 0.480 e. The lowest BCUT2D eigenvalue weighted by Gasteiger charge is -2.34. The van der Waals surface area contributed by atoms with Crippen LogP contribution in [0.2, 0.25) is 0 Å². The standard InChI is InChI=1S/C26H28BrNO3/c1-28(17-25(29)30)24(19-31-18-21-10-8-9-20(15-21)16-27)26(22-11-4-2-5-12-22)23-13-6-3-7-14-23/h2-15,24,26H,16-19H2,1H3,(H,29,30)/t24-/m1/s1. The lowest BCUT2D eigenvalue weighted by atomic mass is 9.84. The normalized spacial score (nSPS) is 12.3. The number of likely N-dealkylation sites (N-methyl/N-ethyl adjacent to an activating group) is 1. The molecule has 0 unspecified atom stereocenters. The van der Waals surface area contributed by atoms with Crippen LogP contribution in [0.15, 0.2) is 84.9 Å². The van der Waals surface area contributed by atoms with Crippen LogP contribution < -0.4 is 0 Å². The number of carboxylic acids is 1. The number of aliphatic carboxylic acids is 1. The zero-order chi connectivity index (χ0) is 22.1. The van der Waals surface area contributed by atoms with Gasteiger partial charge in [-0.1, -0.05) is 101 Å². The van der Waals surface area contributed by atoms with Crippen molar-refractivity contribution in [2.24, 2.45) is 0 Å². The number of benzene rings is 3. The van der Waals surface area contributed by atoms with Gasteiger partial charge in [0.15, 0.2) is 0 Å². The number of nitrogens with zero attached hydrogens (tertiary/aromatic N) is 1. The van der Waals surface area contributed by atoms with Crippen molar-refractivity contribution in [1.82, 2.24) is 4.90 Å². The summed E-state index contributed by atoms with van der Waals surface area (Å²) in [5, 5.41) is 10.2. The van der Waals surface area contributed by atoms with Gasteiger partial charge in [0, 0.05) is 17.3 Å². The molecular formula is C26H28BrNO3. The van der Waals surface area contributed by atoms with Crippen molar-refractivity contribution in [3.8, 4) is 0 Å². The number of halogens is 1. The van der Waals surface area contributed by atoms with Crippen LogP contribution in [0.25, 0.3) is 0 Å². The van der Waals surface area contributed by atoms with E-state index in [9.17, 15) is 9.90 Å². The third-order valence-electron chi connectivity index (χ3n) is 5.36. The first-order valence-corrected chi connectivity index (χ1v) is 11.4. The Morgan fingerprint density at radius 1 is 0.935 bits per heavy atom. The minimum absolute atomic E-state index is 0.0133. The van der Waals surface area contributed by atoms with Crippen molar-refractivity contribution in [1.29, 1.82) is 0 Å². The van der Waals surface area contributed by atoms with Crippen LogP contribution in [0, 0.1) is 0 Å². The zero-order valence-corrected chi connectivity index (χ0v) is 19.2. The Balaban J connectivity index is 1.86. The molecule has 0 aliphatic rings. The van der Waals surface area contributed by atoms with Gasteiger partial charge in [0.25, 0.3) is 0 Å². The van der Waals surface area contributed by atoms with Crippen molar-refractivity contribution in [3.05, 3.63) is 107 Å². The van der Waals surface area contributed by atoms with E-state index < -0.39 is 5.97 Å². The lowest BCUT2D eigenvalue weighted by molar-refractivity contribution is -0.138. The summed E-state index contributed by atoms with van der Waals surface area (Å²) in [7, 11) is 1.85. The van der Waals surface area contributed by atoms with E-state index >= 15 is 0 Å². The highest BCUT2D eigenvalue weighted by Crippen LogP contribution is 2.31. The van der Waals surface area contributed by atoms with Crippen LogP contribution in [0.4, 0.5) is 0 Å². The van der Waals surface area contributed by atoms with Gasteiger partial charge in [0.05, 0.1) is 19.8 Å². The molecule has 3 aromatic carbocycles. The zero-order valence-electron chi connectivity index (χ0n) is 17.7. The number of carbonyl (C=O) groups is 1. The van der Waals surface area contributed by atoms with Crippen molar-refractivity contribution in [3.63, 3.8) is 0 Å². The van der Waals surface area contributed by atoms with E-state index in [2.05, 4.69) is 52.3 Å². The van der Waals surface area contributed by atoms with E-state index in [1.807, 2.05) is 60.5 Å².